The van der Waals surface area contributed by atoms with Crippen LogP contribution in [0, 0.1) is 0 Å². The number of methoxy groups -OCH3 is 1. The summed E-state index contributed by atoms with van der Waals surface area (Å²) >= 11 is 0. The molecule has 2 aromatic heterocycles. The lowest BCUT2D eigenvalue weighted by atomic mass is 10.4. The molecule has 0 saturated heterocycles. The average molecular weight is 219 g/mol. The number of hydrogen-bond donors (Lipinski definition) is 1. The van der Waals surface area contributed by atoms with Gasteiger partial charge in [0.05, 0.1) is 0 Å². The Hall–Kier alpha value is -1.95. The van der Waals surface area contributed by atoms with Crippen LogP contribution in [0.25, 0.3) is 5.82 Å². The predicted octanol–water partition coefficient (Wildman–Crippen LogP) is 0.850. The summed E-state index contributed by atoms with van der Waals surface area (Å²) in [6, 6.07) is 1.85. The fraction of sp³-hybridized carbons (Fsp3) is 0.300. The van der Waals surface area contributed by atoms with Gasteiger partial charge in [-0.15, -0.1) is 0 Å². The van der Waals surface area contributed by atoms with Crippen LogP contribution < -0.4 is 5.32 Å². The van der Waals surface area contributed by atoms with Gasteiger partial charge in [0.1, 0.15) is 24.6 Å². The monoisotopic (exact) mass is 219 g/mol. The summed E-state index contributed by atoms with van der Waals surface area (Å²) < 4.78 is 6.84. The highest BCUT2D eigenvalue weighted by atomic mass is 16.5. The number of imidazole rings is 1. The second-order valence-corrected chi connectivity index (χ2v) is 3.18. The van der Waals surface area contributed by atoms with E-state index in [4.69, 9.17) is 4.74 Å². The molecule has 0 atom stereocenters. The lowest BCUT2D eigenvalue weighted by Crippen LogP contribution is -2.05. The van der Waals surface area contributed by atoms with Gasteiger partial charge in [-0.3, -0.25) is 4.57 Å². The van der Waals surface area contributed by atoms with E-state index in [9.17, 15) is 0 Å². The molecule has 0 bridgehead atoms. The van der Waals surface area contributed by atoms with E-state index in [-0.39, 0.29) is 0 Å². The van der Waals surface area contributed by atoms with Crippen molar-refractivity contribution in [3.63, 3.8) is 0 Å². The molecule has 2 rings (SSSR count). The molecule has 2 heterocycles. The molecule has 0 aliphatic carbocycles. The zero-order valence-corrected chi connectivity index (χ0v) is 9.21. The van der Waals surface area contributed by atoms with E-state index in [1.165, 1.54) is 0 Å². The van der Waals surface area contributed by atoms with Crippen molar-refractivity contribution in [3.8, 4) is 5.82 Å². The second-order valence-electron chi connectivity index (χ2n) is 3.18. The molecular weight excluding hydrogens is 206 g/mol. The summed E-state index contributed by atoms with van der Waals surface area (Å²) in [5.41, 5.74) is 0. The van der Waals surface area contributed by atoms with Crippen molar-refractivity contribution in [2.45, 2.75) is 6.61 Å². The van der Waals surface area contributed by atoms with Crippen molar-refractivity contribution >= 4 is 5.82 Å². The molecule has 0 aromatic carbocycles. The maximum absolute atomic E-state index is 5.02. The highest BCUT2D eigenvalue weighted by Crippen LogP contribution is 2.10. The molecule has 0 amide bonds. The third-order valence-corrected chi connectivity index (χ3v) is 2.06. The van der Waals surface area contributed by atoms with Crippen LogP contribution in [0.4, 0.5) is 5.82 Å². The molecule has 0 aliphatic rings. The van der Waals surface area contributed by atoms with Crippen LogP contribution in [0.3, 0.4) is 0 Å². The first kappa shape index (κ1) is 10.6. The van der Waals surface area contributed by atoms with Gasteiger partial charge in [0.15, 0.2) is 5.82 Å². The molecule has 6 nitrogen and oxygen atoms in total. The second kappa shape index (κ2) is 4.71. The average Bonchev–Trinajstić information content (AvgIpc) is 2.82. The molecule has 16 heavy (non-hydrogen) atoms. The molecule has 0 aliphatic heterocycles. The van der Waals surface area contributed by atoms with Gasteiger partial charge < -0.3 is 10.1 Å². The fourth-order valence-electron chi connectivity index (χ4n) is 1.33. The van der Waals surface area contributed by atoms with E-state index in [1.807, 2.05) is 23.9 Å². The van der Waals surface area contributed by atoms with Crippen LogP contribution in [-0.2, 0) is 11.3 Å². The molecule has 0 spiro atoms. The van der Waals surface area contributed by atoms with Crippen LogP contribution in [0.5, 0.6) is 0 Å². The van der Waals surface area contributed by atoms with E-state index in [0.29, 0.717) is 12.4 Å². The summed E-state index contributed by atoms with van der Waals surface area (Å²) in [5.74, 6) is 2.16. The number of hydrogen-bond acceptors (Lipinski definition) is 5. The van der Waals surface area contributed by atoms with Crippen LogP contribution in [0.2, 0.25) is 0 Å². The number of aromatic nitrogens is 4. The number of ether oxygens (including phenoxy) is 1. The number of rotatable bonds is 4. The van der Waals surface area contributed by atoms with Gasteiger partial charge in [0.25, 0.3) is 0 Å². The highest BCUT2D eigenvalue weighted by Gasteiger charge is 2.04. The Morgan fingerprint density at radius 2 is 2.31 bits per heavy atom. The molecule has 0 fully saturated rings. The highest BCUT2D eigenvalue weighted by molar-refractivity contribution is 5.41. The summed E-state index contributed by atoms with van der Waals surface area (Å²) in [6.45, 7) is 0.386. The number of anilines is 1. The zero-order valence-electron chi connectivity index (χ0n) is 9.21. The van der Waals surface area contributed by atoms with Crippen molar-refractivity contribution in [2.24, 2.45) is 0 Å². The zero-order chi connectivity index (χ0) is 11.4. The van der Waals surface area contributed by atoms with Crippen molar-refractivity contribution < 1.29 is 4.74 Å². The first-order valence-electron chi connectivity index (χ1n) is 4.86. The summed E-state index contributed by atoms with van der Waals surface area (Å²) in [6.07, 6.45) is 5.23. The van der Waals surface area contributed by atoms with Crippen LogP contribution in [0.1, 0.15) is 5.82 Å². The smallest absolute Gasteiger partial charge is 0.158 e. The van der Waals surface area contributed by atoms with Gasteiger partial charge >= 0.3 is 0 Å². The van der Waals surface area contributed by atoms with Crippen molar-refractivity contribution in [2.75, 3.05) is 19.5 Å². The van der Waals surface area contributed by atoms with Gasteiger partial charge in [-0.2, -0.15) is 0 Å². The Morgan fingerprint density at radius 1 is 1.44 bits per heavy atom. The normalized spacial score (nSPS) is 10.4. The maximum Gasteiger partial charge on any atom is 0.158 e. The minimum absolute atomic E-state index is 0.386. The van der Waals surface area contributed by atoms with Gasteiger partial charge in [-0.25, -0.2) is 15.0 Å². The molecule has 2 aromatic rings. The lowest BCUT2D eigenvalue weighted by molar-refractivity contribution is 0.178. The summed E-state index contributed by atoms with van der Waals surface area (Å²) in [5, 5.41) is 2.99. The predicted molar refractivity (Wildman–Crippen MR) is 59.4 cm³/mol. The minimum Gasteiger partial charge on any atom is -0.377 e. The minimum atomic E-state index is 0.386. The number of nitrogens with one attached hydrogen (secondary N) is 1. The third kappa shape index (κ3) is 2.17. The summed E-state index contributed by atoms with van der Waals surface area (Å²) in [7, 11) is 3.43. The third-order valence-electron chi connectivity index (χ3n) is 2.06. The fourth-order valence-corrected chi connectivity index (χ4v) is 1.33. The van der Waals surface area contributed by atoms with E-state index >= 15 is 0 Å². The molecule has 0 unspecified atom stereocenters. The Kier molecular flexibility index (Phi) is 3.11. The Balaban J connectivity index is 2.41. The topological polar surface area (TPSA) is 64.9 Å². The van der Waals surface area contributed by atoms with Gasteiger partial charge in [0.2, 0.25) is 0 Å². The Bertz CT molecular complexity index is 454. The first-order valence-corrected chi connectivity index (χ1v) is 4.86. The Morgan fingerprint density at radius 3 is 2.94 bits per heavy atom. The van der Waals surface area contributed by atoms with E-state index in [0.717, 1.165) is 11.6 Å². The van der Waals surface area contributed by atoms with Gasteiger partial charge in [0, 0.05) is 32.6 Å². The van der Waals surface area contributed by atoms with Crippen LogP contribution >= 0.6 is 0 Å². The van der Waals surface area contributed by atoms with Crippen LogP contribution in [0.15, 0.2) is 24.8 Å². The molecular formula is C10H13N5O. The van der Waals surface area contributed by atoms with Gasteiger partial charge in [-0.1, -0.05) is 0 Å². The van der Waals surface area contributed by atoms with Crippen molar-refractivity contribution in [1.82, 2.24) is 19.5 Å². The summed E-state index contributed by atoms with van der Waals surface area (Å²) in [4.78, 5) is 12.6. The molecule has 0 saturated carbocycles. The van der Waals surface area contributed by atoms with Crippen molar-refractivity contribution in [3.05, 3.63) is 30.6 Å². The SMILES string of the molecule is CNc1cc(-n2ccnc2)nc(COC)n1. The quantitative estimate of drug-likeness (QED) is 0.825. The largest absolute Gasteiger partial charge is 0.377 e. The molecule has 6 heteroatoms. The Labute approximate surface area is 93.3 Å². The van der Waals surface area contributed by atoms with Crippen molar-refractivity contribution in [1.29, 1.82) is 0 Å². The van der Waals surface area contributed by atoms with E-state index in [1.54, 1.807) is 19.6 Å². The molecule has 1 N–H and O–H groups in total. The number of nitrogens with zero attached hydrogens (tertiary/aromatic N) is 4. The molecule has 0 radical (unpaired) electrons. The standard InChI is InChI=1S/C10H13N5O/c1-11-8-5-10(15-4-3-12-7-15)14-9(13-8)6-16-2/h3-5,7H,6H2,1-2H3,(H,11,13,14). The van der Waals surface area contributed by atoms with Gasteiger partial charge in [-0.05, 0) is 0 Å². The lowest BCUT2D eigenvalue weighted by Gasteiger charge is -2.07. The van der Waals surface area contributed by atoms with E-state index < -0.39 is 0 Å². The maximum atomic E-state index is 5.02. The van der Waals surface area contributed by atoms with Crippen LogP contribution in [-0.4, -0.2) is 33.7 Å². The first-order chi connectivity index (χ1) is 7.83. The van der Waals surface area contributed by atoms with E-state index in [2.05, 4.69) is 20.3 Å². The molecule has 84 valence electrons.